The highest BCUT2D eigenvalue weighted by molar-refractivity contribution is 5.85. The number of ether oxygens (including phenoxy) is 2. The van der Waals surface area contributed by atoms with Gasteiger partial charge in [0.15, 0.2) is 0 Å². The lowest BCUT2D eigenvalue weighted by molar-refractivity contribution is 0.0636. The van der Waals surface area contributed by atoms with E-state index in [1.807, 2.05) is 0 Å². The summed E-state index contributed by atoms with van der Waals surface area (Å²) in [6.07, 6.45) is -0.551. The number of hydrogen-bond donors (Lipinski definition) is 3. The highest BCUT2D eigenvalue weighted by atomic mass is 16.6. The molecule has 0 aliphatic rings. The van der Waals surface area contributed by atoms with E-state index in [0.717, 1.165) is 0 Å². The van der Waals surface area contributed by atoms with Gasteiger partial charge in [0.1, 0.15) is 18.0 Å². The number of carbonyl (C=O) groups excluding carboxylic acids is 1. The first-order chi connectivity index (χ1) is 8.81. The molecule has 0 aliphatic heterocycles. The summed E-state index contributed by atoms with van der Waals surface area (Å²) < 4.78 is 10.4. The lowest BCUT2D eigenvalue weighted by atomic mass is 10.2. The fourth-order valence-electron chi connectivity index (χ4n) is 1.31. The second kappa shape index (κ2) is 6.29. The van der Waals surface area contributed by atoms with Crippen LogP contribution >= 0.6 is 0 Å². The van der Waals surface area contributed by atoms with Crippen LogP contribution in [0.4, 0.5) is 16.2 Å². The molecule has 1 aromatic rings. The Hall–Kier alpha value is -1.95. The molecular weight excluding hydrogens is 248 g/mol. The number of nitrogens with two attached hydrogens (primary N) is 1. The van der Waals surface area contributed by atoms with E-state index < -0.39 is 11.7 Å². The maximum Gasteiger partial charge on any atom is 0.412 e. The van der Waals surface area contributed by atoms with Crippen LogP contribution in [0.15, 0.2) is 18.2 Å². The minimum atomic E-state index is -0.561. The molecule has 0 spiro atoms. The third kappa shape index (κ3) is 5.48. The fraction of sp³-hybridized carbons (Fsp3) is 0.462. The molecule has 1 amide bonds. The molecule has 0 aromatic heterocycles. The van der Waals surface area contributed by atoms with E-state index in [4.69, 9.17) is 20.3 Å². The molecule has 19 heavy (non-hydrogen) atoms. The van der Waals surface area contributed by atoms with Gasteiger partial charge in [-0.05, 0) is 32.9 Å². The van der Waals surface area contributed by atoms with Crippen molar-refractivity contribution in [2.75, 3.05) is 24.3 Å². The van der Waals surface area contributed by atoms with E-state index in [1.54, 1.807) is 39.0 Å². The Balaban J connectivity index is 2.71. The van der Waals surface area contributed by atoms with Crippen molar-refractivity contribution in [1.82, 2.24) is 0 Å². The van der Waals surface area contributed by atoms with Crippen LogP contribution in [-0.2, 0) is 4.74 Å². The zero-order valence-corrected chi connectivity index (χ0v) is 11.4. The highest BCUT2D eigenvalue weighted by Crippen LogP contribution is 2.25. The Morgan fingerprint density at radius 2 is 2.11 bits per heavy atom. The minimum absolute atomic E-state index is 0.108. The fourth-order valence-corrected chi connectivity index (χ4v) is 1.31. The van der Waals surface area contributed by atoms with Crippen molar-refractivity contribution in [3.8, 4) is 5.75 Å². The summed E-state index contributed by atoms with van der Waals surface area (Å²) in [5.41, 5.74) is 6.09. The zero-order chi connectivity index (χ0) is 14.5. The molecule has 4 N–H and O–H groups in total. The van der Waals surface area contributed by atoms with Gasteiger partial charge in [-0.15, -0.1) is 0 Å². The number of rotatable bonds is 4. The average molecular weight is 268 g/mol. The number of aliphatic hydroxyl groups is 1. The van der Waals surface area contributed by atoms with Crippen LogP contribution in [0.1, 0.15) is 20.8 Å². The molecule has 0 radical (unpaired) electrons. The molecule has 0 unspecified atom stereocenters. The van der Waals surface area contributed by atoms with Crippen LogP contribution in [-0.4, -0.2) is 30.0 Å². The van der Waals surface area contributed by atoms with Gasteiger partial charge in [0.2, 0.25) is 0 Å². The lowest BCUT2D eigenvalue weighted by Crippen LogP contribution is -2.27. The van der Waals surface area contributed by atoms with Gasteiger partial charge >= 0.3 is 6.09 Å². The Bertz CT molecular complexity index is 441. The number of benzene rings is 1. The summed E-state index contributed by atoms with van der Waals surface area (Å²) in [6, 6.07) is 4.83. The van der Waals surface area contributed by atoms with Gasteiger partial charge < -0.3 is 20.3 Å². The Morgan fingerprint density at radius 3 is 2.68 bits per heavy atom. The number of aliphatic hydroxyl groups excluding tert-OH is 1. The van der Waals surface area contributed by atoms with Crippen molar-refractivity contribution in [2.24, 2.45) is 0 Å². The SMILES string of the molecule is CC(C)(C)OC(=O)Nc1ccc(N)c(OCCO)c1. The second-order valence-electron chi connectivity index (χ2n) is 4.95. The molecule has 106 valence electrons. The zero-order valence-electron chi connectivity index (χ0n) is 11.4. The maximum atomic E-state index is 11.6. The van der Waals surface area contributed by atoms with E-state index in [2.05, 4.69) is 5.32 Å². The van der Waals surface area contributed by atoms with Crippen molar-refractivity contribution >= 4 is 17.5 Å². The first kappa shape index (κ1) is 15.1. The third-order valence-corrected chi connectivity index (χ3v) is 2.01. The van der Waals surface area contributed by atoms with Gasteiger partial charge in [0, 0.05) is 11.8 Å². The number of amides is 1. The summed E-state index contributed by atoms with van der Waals surface area (Å²) in [5, 5.41) is 11.3. The molecule has 0 heterocycles. The molecule has 6 heteroatoms. The molecule has 0 saturated carbocycles. The van der Waals surface area contributed by atoms with Gasteiger partial charge in [-0.3, -0.25) is 5.32 Å². The number of hydrogen-bond acceptors (Lipinski definition) is 5. The summed E-state index contributed by atoms with van der Waals surface area (Å²) in [4.78, 5) is 11.6. The first-order valence-corrected chi connectivity index (χ1v) is 5.95. The molecule has 0 atom stereocenters. The number of carbonyl (C=O) groups is 1. The molecular formula is C13H20N2O4. The van der Waals surface area contributed by atoms with Gasteiger partial charge in [0.05, 0.1) is 12.3 Å². The Morgan fingerprint density at radius 1 is 1.42 bits per heavy atom. The van der Waals surface area contributed by atoms with Crippen molar-refractivity contribution in [3.63, 3.8) is 0 Å². The van der Waals surface area contributed by atoms with Crippen LogP contribution in [0, 0.1) is 0 Å². The molecule has 1 rings (SSSR count). The minimum Gasteiger partial charge on any atom is -0.489 e. The maximum absolute atomic E-state index is 11.6. The van der Waals surface area contributed by atoms with Gasteiger partial charge in [-0.2, -0.15) is 0 Å². The summed E-state index contributed by atoms with van der Waals surface area (Å²) in [6.45, 7) is 5.38. The molecule has 0 bridgehead atoms. The topological polar surface area (TPSA) is 93.8 Å². The highest BCUT2D eigenvalue weighted by Gasteiger charge is 2.16. The van der Waals surface area contributed by atoms with Gasteiger partial charge in [0.25, 0.3) is 0 Å². The van der Waals surface area contributed by atoms with E-state index >= 15 is 0 Å². The van der Waals surface area contributed by atoms with Crippen LogP contribution < -0.4 is 15.8 Å². The van der Waals surface area contributed by atoms with Crippen LogP contribution in [0.25, 0.3) is 0 Å². The second-order valence-corrected chi connectivity index (χ2v) is 4.95. The Kier molecular flexibility index (Phi) is 5.00. The van der Waals surface area contributed by atoms with Crippen LogP contribution in [0.5, 0.6) is 5.75 Å². The van der Waals surface area contributed by atoms with E-state index in [0.29, 0.717) is 17.1 Å². The normalized spacial score (nSPS) is 10.9. The molecule has 0 fully saturated rings. The lowest BCUT2D eigenvalue weighted by Gasteiger charge is -2.20. The van der Waals surface area contributed by atoms with Gasteiger partial charge in [-0.25, -0.2) is 4.79 Å². The average Bonchev–Trinajstić information content (AvgIpc) is 2.27. The smallest absolute Gasteiger partial charge is 0.412 e. The summed E-state index contributed by atoms with van der Waals surface area (Å²) >= 11 is 0. The predicted molar refractivity (Wildman–Crippen MR) is 73.3 cm³/mol. The molecule has 0 aliphatic carbocycles. The largest absolute Gasteiger partial charge is 0.489 e. The van der Waals surface area contributed by atoms with Crippen molar-refractivity contribution in [2.45, 2.75) is 26.4 Å². The van der Waals surface area contributed by atoms with Crippen molar-refractivity contribution < 1.29 is 19.4 Å². The van der Waals surface area contributed by atoms with Gasteiger partial charge in [-0.1, -0.05) is 0 Å². The third-order valence-electron chi connectivity index (χ3n) is 2.01. The first-order valence-electron chi connectivity index (χ1n) is 5.95. The van der Waals surface area contributed by atoms with Crippen LogP contribution in [0.3, 0.4) is 0 Å². The summed E-state index contributed by atoms with van der Waals surface area (Å²) in [5.74, 6) is 0.405. The molecule has 1 aromatic carbocycles. The predicted octanol–water partition coefficient (Wildman–Crippen LogP) is 1.99. The number of nitrogen functional groups attached to an aromatic ring is 1. The standard InChI is InChI=1S/C13H20N2O4/c1-13(2,3)19-12(17)15-9-4-5-10(14)11(8-9)18-7-6-16/h4-5,8,16H,6-7,14H2,1-3H3,(H,15,17). The quantitative estimate of drug-likeness (QED) is 0.726. The number of nitrogens with one attached hydrogen (secondary N) is 1. The summed E-state index contributed by atoms with van der Waals surface area (Å²) in [7, 11) is 0. The molecule has 0 saturated heterocycles. The van der Waals surface area contributed by atoms with Crippen LogP contribution in [0.2, 0.25) is 0 Å². The van der Waals surface area contributed by atoms with Crippen molar-refractivity contribution in [1.29, 1.82) is 0 Å². The van der Waals surface area contributed by atoms with E-state index in [-0.39, 0.29) is 13.2 Å². The van der Waals surface area contributed by atoms with Crippen molar-refractivity contribution in [3.05, 3.63) is 18.2 Å². The number of anilines is 2. The monoisotopic (exact) mass is 268 g/mol. The molecule has 6 nitrogen and oxygen atoms in total. The van der Waals surface area contributed by atoms with E-state index in [1.165, 1.54) is 0 Å². The van der Waals surface area contributed by atoms with E-state index in [9.17, 15) is 4.79 Å². The Labute approximate surface area is 112 Å².